The summed E-state index contributed by atoms with van der Waals surface area (Å²) in [7, 11) is 3.71. The van der Waals surface area contributed by atoms with Crippen molar-refractivity contribution < 1.29 is 0 Å². The molecule has 82 valence electrons. The number of hydrazine groups is 1. The molecule has 0 atom stereocenters. The SMILES string of the molecule is CNN(C)C(=S)Nc1c(C)cccc1C. The van der Waals surface area contributed by atoms with Crippen molar-refractivity contribution in [2.75, 3.05) is 19.4 Å². The Bertz CT molecular complexity index is 343. The first-order valence-corrected chi connectivity index (χ1v) is 5.25. The van der Waals surface area contributed by atoms with E-state index >= 15 is 0 Å². The highest BCUT2D eigenvalue weighted by atomic mass is 32.1. The second-order valence-corrected chi connectivity index (χ2v) is 3.87. The van der Waals surface area contributed by atoms with E-state index in [1.807, 2.05) is 20.2 Å². The molecule has 0 bridgehead atoms. The van der Waals surface area contributed by atoms with Crippen LogP contribution in [-0.4, -0.2) is 24.2 Å². The van der Waals surface area contributed by atoms with Crippen LogP contribution in [0.4, 0.5) is 5.69 Å². The standard InChI is InChI=1S/C11H17N3S/c1-8-6-5-7-9(2)10(8)13-11(15)14(4)12-3/h5-7,12H,1-4H3,(H,13,15). The van der Waals surface area contributed by atoms with Crippen LogP contribution in [-0.2, 0) is 0 Å². The molecular formula is C11H17N3S. The maximum Gasteiger partial charge on any atom is 0.187 e. The maximum atomic E-state index is 5.23. The van der Waals surface area contributed by atoms with Crippen LogP contribution < -0.4 is 10.7 Å². The van der Waals surface area contributed by atoms with E-state index in [0.717, 1.165) is 5.69 Å². The Hall–Kier alpha value is -1.13. The third-order valence-electron chi connectivity index (χ3n) is 2.35. The summed E-state index contributed by atoms with van der Waals surface area (Å²) in [5.41, 5.74) is 6.43. The van der Waals surface area contributed by atoms with E-state index in [-0.39, 0.29) is 0 Å². The molecule has 1 rings (SSSR count). The molecule has 0 spiro atoms. The van der Waals surface area contributed by atoms with E-state index in [2.05, 4.69) is 36.7 Å². The van der Waals surface area contributed by atoms with Crippen LogP contribution in [0, 0.1) is 13.8 Å². The molecule has 15 heavy (non-hydrogen) atoms. The van der Waals surface area contributed by atoms with E-state index in [1.54, 1.807) is 5.01 Å². The highest BCUT2D eigenvalue weighted by molar-refractivity contribution is 7.80. The third-order valence-corrected chi connectivity index (χ3v) is 2.73. The molecule has 0 unspecified atom stereocenters. The number of anilines is 1. The molecule has 0 heterocycles. The molecule has 4 heteroatoms. The molecule has 0 aliphatic rings. The van der Waals surface area contributed by atoms with Gasteiger partial charge in [-0.2, -0.15) is 0 Å². The van der Waals surface area contributed by atoms with Crippen molar-refractivity contribution in [1.82, 2.24) is 10.4 Å². The molecule has 2 N–H and O–H groups in total. The molecule has 1 aromatic carbocycles. The summed E-state index contributed by atoms with van der Waals surface area (Å²) >= 11 is 5.23. The maximum absolute atomic E-state index is 5.23. The molecule has 0 saturated carbocycles. The van der Waals surface area contributed by atoms with Crippen LogP contribution in [0.5, 0.6) is 0 Å². The second kappa shape index (κ2) is 5.09. The minimum absolute atomic E-state index is 0.662. The van der Waals surface area contributed by atoms with Crippen molar-refractivity contribution in [3.05, 3.63) is 29.3 Å². The molecule has 0 fully saturated rings. The van der Waals surface area contributed by atoms with Gasteiger partial charge in [-0.25, -0.2) is 5.43 Å². The van der Waals surface area contributed by atoms with Crippen molar-refractivity contribution in [2.45, 2.75) is 13.8 Å². The van der Waals surface area contributed by atoms with Gasteiger partial charge >= 0.3 is 0 Å². The van der Waals surface area contributed by atoms with Gasteiger partial charge < -0.3 is 5.32 Å². The van der Waals surface area contributed by atoms with Gasteiger partial charge in [-0.1, -0.05) is 18.2 Å². The van der Waals surface area contributed by atoms with E-state index in [9.17, 15) is 0 Å². The lowest BCUT2D eigenvalue weighted by Crippen LogP contribution is -2.39. The minimum Gasteiger partial charge on any atom is -0.331 e. The zero-order valence-electron chi connectivity index (χ0n) is 9.59. The van der Waals surface area contributed by atoms with Gasteiger partial charge in [0.15, 0.2) is 5.11 Å². The number of nitrogens with zero attached hydrogens (tertiary/aromatic N) is 1. The van der Waals surface area contributed by atoms with Gasteiger partial charge in [0.05, 0.1) is 0 Å². The van der Waals surface area contributed by atoms with Gasteiger partial charge in [-0.05, 0) is 37.2 Å². The van der Waals surface area contributed by atoms with Gasteiger partial charge in [-0.15, -0.1) is 0 Å². The van der Waals surface area contributed by atoms with Gasteiger partial charge in [0.1, 0.15) is 0 Å². The van der Waals surface area contributed by atoms with Crippen molar-refractivity contribution in [3.63, 3.8) is 0 Å². The van der Waals surface area contributed by atoms with Crippen LogP contribution in [0.15, 0.2) is 18.2 Å². The summed E-state index contributed by atoms with van der Waals surface area (Å²) < 4.78 is 0. The van der Waals surface area contributed by atoms with Crippen LogP contribution in [0.1, 0.15) is 11.1 Å². The second-order valence-electron chi connectivity index (χ2n) is 3.48. The van der Waals surface area contributed by atoms with Crippen molar-refractivity contribution >= 4 is 23.0 Å². The lowest BCUT2D eigenvalue weighted by Gasteiger charge is -2.21. The van der Waals surface area contributed by atoms with Crippen molar-refractivity contribution in [2.24, 2.45) is 0 Å². The summed E-state index contributed by atoms with van der Waals surface area (Å²) in [6.45, 7) is 4.13. The van der Waals surface area contributed by atoms with E-state index in [1.165, 1.54) is 11.1 Å². The largest absolute Gasteiger partial charge is 0.331 e. The molecule has 0 saturated heterocycles. The average molecular weight is 223 g/mol. The monoisotopic (exact) mass is 223 g/mol. The zero-order chi connectivity index (χ0) is 11.4. The minimum atomic E-state index is 0.662. The zero-order valence-corrected chi connectivity index (χ0v) is 10.4. The summed E-state index contributed by atoms with van der Waals surface area (Å²) in [4.78, 5) is 0. The Morgan fingerprint density at radius 3 is 2.27 bits per heavy atom. The van der Waals surface area contributed by atoms with Crippen molar-refractivity contribution in [3.8, 4) is 0 Å². The highest BCUT2D eigenvalue weighted by Crippen LogP contribution is 2.19. The number of thiocarbonyl (C=S) groups is 1. The van der Waals surface area contributed by atoms with Crippen LogP contribution in [0.25, 0.3) is 0 Å². The molecule has 0 radical (unpaired) electrons. The fraction of sp³-hybridized carbons (Fsp3) is 0.364. The molecule has 0 amide bonds. The molecule has 0 aliphatic carbocycles. The first-order chi connectivity index (χ1) is 7.06. The predicted octanol–water partition coefficient (Wildman–Crippen LogP) is 2.07. The Morgan fingerprint density at radius 1 is 1.27 bits per heavy atom. The summed E-state index contributed by atoms with van der Waals surface area (Å²) in [5, 5.41) is 5.65. The van der Waals surface area contributed by atoms with Crippen LogP contribution in [0.3, 0.4) is 0 Å². The quantitative estimate of drug-likeness (QED) is 0.593. The van der Waals surface area contributed by atoms with Gasteiger partial charge in [0.25, 0.3) is 0 Å². The Labute approximate surface area is 96.4 Å². The normalized spacial score (nSPS) is 9.87. The van der Waals surface area contributed by atoms with Gasteiger partial charge in [0, 0.05) is 19.8 Å². The number of rotatable bonds is 2. The Morgan fingerprint density at radius 2 is 1.80 bits per heavy atom. The number of hydrogen-bond acceptors (Lipinski definition) is 2. The first-order valence-electron chi connectivity index (χ1n) is 4.84. The molecule has 0 aromatic heterocycles. The number of benzene rings is 1. The van der Waals surface area contributed by atoms with E-state index < -0.39 is 0 Å². The van der Waals surface area contributed by atoms with Crippen molar-refractivity contribution in [1.29, 1.82) is 0 Å². The van der Waals surface area contributed by atoms with E-state index in [0.29, 0.717) is 5.11 Å². The molecule has 0 aliphatic heterocycles. The average Bonchev–Trinajstić information content (AvgIpc) is 2.22. The Balaban J connectivity index is 2.85. The van der Waals surface area contributed by atoms with Gasteiger partial charge in [-0.3, -0.25) is 5.01 Å². The number of hydrogen-bond donors (Lipinski definition) is 2. The van der Waals surface area contributed by atoms with E-state index in [4.69, 9.17) is 12.2 Å². The summed E-state index contributed by atoms with van der Waals surface area (Å²) in [6, 6.07) is 6.18. The Kier molecular flexibility index (Phi) is 4.05. The molecule has 1 aromatic rings. The lowest BCUT2D eigenvalue weighted by atomic mass is 10.1. The summed E-state index contributed by atoms with van der Waals surface area (Å²) in [6.07, 6.45) is 0. The fourth-order valence-corrected chi connectivity index (χ4v) is 1.50. The third kappa shape index (κ3) is 2.91. The number of aryl methyl sites for hydroxylation is 2. The smallest absolute Gasteiger partial charge is 0.187 e. The lowest BCUT2D eigenvalue weighted by molar-refractivity contribution is 0.415. The van der Waals surface area contributed by atoms with Crippen LogP contribution in [0.2, 0.25) is 0 Å². The fourth-order valence-electron chi connectivity index (χ4n) is 1.30. The first kappa shape index (κ1) is 11.9. The van der Waals surface area contributed by atoms with Crippen LogP contribution >= 0.6 is 12.2 Å². The number of nitrogens with one attached hydrogen (secondary N) is 2. The summed E-state index contributed by atoms with van der Waals surface area (Å²) in [5.74, 6) is 0. The highest BCUT2D eigenvalue weighted by Gasteiger charge is 2.06. The molecular weight excluding hydrogens is 206 g/mol. The topological polar surface area (TPSA) is 27.3 Å². The number of para-hydroxylation sites is 1. The molecule has 3 nitrogen and oxygen atoms in total. The predicted molar refractivity (Wildman–Crippen MR) is 69.0 cm³/mol. The van der Waals surface area contributed by atoms with Gasteiger partial charge in [0.2, 0.25) is 0 Å².